The second kappa shape index (κ2) is 7.42. The molecule has 0 radical (unpaired) electrons. The minimum atomic E-state index is -0.193. The van der Waals surface area contributed by atoms with Gasteiger partial charge in [-0.15, -0.1) is 0 Å². The van der Waals surface area contributed by atoms with Gasteiger partial charge in [0.05, 0.1) is 25.0 Å². The Morgan fingerprint density at radius 2 is 2.08 bits per heavy atom. The van der Waals surface area contributed by atoms with E-state index in [2.05, 4.69) is 5.32 Å². The van der Waals surface area contributed by atoms with Crippen molar-refractivity contribution in [1.29, 1.82) is 0 Å². The molecule has 2 aromatic rings. The molecule has 6 heteroatoms. The van der Waals surface area contributed by atoms with E-state index < -0.39 is 0 Å². The Morgan fingerprint density at radius 1 is 1.32 bits per heavy atom. The van der Waals surface area contributed by atoms with Crippen LogP contribution in [0.3, 0.4) is 0 Å². The van der Waals surface area contributed by atoms with E-state index in [0.717, 1.165) is 17.7 Å². The van der Waals surface area contributed by atoms with E-state index in [4.69, 9.17) is 9.15 Å². The zero-order valence-electron chi connectivity index (χ0n) is 14.5. The largest absolute Gasteiger partial charge is 0.497 e. The molecule has 6 nitrogen and oxygen atoms in total. The molecule has 2 amide bonds. The fourth-order valence-electron chi connectivity index (χ4n) is 3.02. The normalized spacial score (nSPS) is 17.0. The predicted octanol–water partition coefficient (Wildman–Crippen LogP) is 2.17. The summed E-state index contributed by atoms with van der Waals surface area (Å²) in [7, 11) is 1.64. The van der Waals surface area contributed by atoms with Crippen molar-refractivity contribution in [3.8, 4) is 5.75 Å². The quantitative estimate of drug-likeness (QED) is 0.873. The number of carbonyl (C=O) groups is 2. The Hall–Kier alpha value is -2.76. The first kappa shape index (κ1) is 17.1. The van der Waals surface area contributed by atoms with Crippen LogP contribution >= 0.6 is 0 Å². The third-order valence-electron chi connectivity index (χ3n) is 4.48. The van der Waals surface area contributed by atoms with Crippen LogP contribution in [-0.4, -0.2) is 43.0 Å². The van der Waals surface area contributed by atoms with E-state index in [-0.39, 0.29) is 17.9 Å². The highest BCUT2D eigenvalue weighted by Crippen LogP contribution is 2.16. The van der Waals surface area contributed by atoms with Crippen LogP contribution in [-0.2, 0) is 11.2 Å². The molecule has 0 bridgehead atoms. The van der Waals surface area contributed by atoms with Gasteiger partial charge in [-0.25, -0.2) is 0 Å². The van der Waals surface area contributed by atoms with Gasteiger partial charge >= 0.3 is 0 Å². The molecule has 1 aromatic heterocycles. The number of aryl methyl sites for hydroxylation is 1. The molecule has 1 N–H and O–H groups in total. The molecule has 1 fully saturated rings. The van der Waals surface area contributed by atoms with Crippen molar-refractivity contribution in [3.05, 3.63) is 53.5 Å². The number of carbonyl (C=O) groups excluding carboxylic acids is 2. The van der Waals surface area contributed by atoms with Crippen LogP contribution in [0.1, 0.15) is 28.1 Å². The summed E-state index contributed by atoms with van der Waals surface area (Å²) >= 11 is 0. The van der Waals surface area contributed by atoms with Gasteiger partial charge in [0.25, 0.3) is 5.91 Å². The lowest BCUT2D eigenvalue weighted by Crippen LogP contribution is -2.37. The van der Waals surface area contributed by atoms with Crippen LogP contribution in [0.5, 0.6) is 5.75 Å². The smallest absolute Gasteiger partial charge is 0.255 e. The van der Waals surface area contributed by atoms with Crippen molar-refractivity contribution in [2.45, 2.75) is 25.8 Å². The molecule has 1 aromatic carbocycles. The van der Waals surface area contributed by atoms with E-state index in [0.29, 0.717) is 30.8 Å². The molecular formula is C19H22N2O4. The van der Waals surface area contributed by atoms with Crippen molar-refractivity contribution >= 4 is 11.8 Å². The SMILES string of the molecule is COc1ccc(CCN2C[C@@H](NC(=O)c3ccoc3C)CC2=O)cc1. The maximum Gasteiger partial charge on any atom is 0.255 e. The third-order valence-corrected chi connectivity index (χ3v) is 4.48. The number of benzene rings is 1. The fraction of sp³-hybridized carbons (Fsp3) is 0.368. The van der Waals surface area contributed by atoms with Gasteiger partial charge in [0, 0.05) is 19.5 Å². The van der Waals surface area contributed by atoms with Gasteiger partial charge in [-0.2, -0.15) is 0 Å². The first-order valence-corrected chi connectivity index (χ1v) is 8.32. The van der Waals surface area contributed by atoms with Gasteiger partial charge < -0.3 is 19.4 Å². The number of methoxy groups -OCH3 is 1. The average molecular weight is 342 g/mol. The zero-order valence-corrected chi connectivity index (χ0v) is 14.5. The lowest BCUT2D eigenvalue weighted by atomic mass is 10.1. The molecule has 1 aliphatic heterocycles. The van der Waals surface area contributed by atoms with E-state index in [1.54, 1.807) is 25.0 Å². The molecule has 25 heavy (non-hydrogen) atoms. The van der Waals surface area contributed by atoms with E-state index in [1.165, 1.54) is 6.26 Å². The highest BCUT2D eigenvalue weighted by atomic mass is 16.5. The first-order valence-electron chi connectivity index (χ1n) is 8.32. The van der Waals surface area contributed by atoms with Crippen molar-refractivity contribution in [1.82, 2.24) is 10.2 Å². The van der Waals surface area contributed by atoms with Gasteiger partial charge in [-0.1, -0.05) is 12.1 Å². The average Bonchev–Trinajstić information content (AvgIpc) is 3.19. The molecule has 0 saturated carbocycles. The highest BCUT2D eigenvalue weighted by Gasteiger charge is 2.30. The number of nitrogens with one attached hydrogen (secondary N) is 1. The predicted molar refractivity (Wildman–Crippen MR) is 92.6 cm³/mol. The lowest BCUT2D eigenvalue weighted by molar-refractivity contribution is -0.127. The second-order valence-electron chi connectivity index (χ2n) is 6.20. The summed E-state index contributed by atoms with van der Waals surface area (Å²) in [5, 5.41) is 2.92. The molecule has 1 saturated heterocycles. The van der Waals surface area contributed by atoms with Gasteiger partial charge in [-0.05, 0) is 37.1 Å². The molecule has 0 aliphatic carbocycles. The van der Waals surface area contributed by atoms with E-state index in [9.17, 15) is 9.59 Å². The standard InChI is InChI=1S/C19H22N2O4/c1-13-17(8-10-25-13)19(23)20-15-11-18(22)21(12-15)9-7-14-3-5-16(24-2)6-4-14/h3-6,8,10,15H,7,9,11-12H2,1-2H3,(H,20,23)/t15-/m0/s1. The van der Waals surface area contributed by atoms with Gasteiger partial charge in [0.2, 0.25) is 5.91 Å². The Bertz CT molecular complexity index is 751. The Morgan fingerprint density at radius 3 is 2.72 bits per heavy atom. The Labute approximate surface area is 146 Å². The maximum absolute atomic E-state index is 12.2. The minimum absolute atomic E-state index is 0.0720. The number of furan rings is 1. The number of ether oxygens (including phenoxy) is 1. The maximum atomic E-state index is 12.2. The Balaban J connectivity index is 1.51. The molecule has 132 valence electrons. The third kappa shape index (κ3) is 4.02. The second-order valence-corrected chi connectivity index (χ2v) is 6.20. The molecule has 3 rings (SSSR count). The number of nitrogens with zero attached hydrogens (tertiary/aromatic N) is 1. The summed E-state index contributed by atoms with van der Waals surface area (Å²) < 4.78 is 10.3. The first-order chi connectivity index (χ1) is 12.1. The molecule has 2 heterocycles. The number of hydrogen-bond donors (Lipinski definition) is 1. The van der Waals surface area contributed by atoms with E-state index in [1.807, 2.05) is 24.3 Å². The molecule has 0 spiro atoms. The fourth-order valence-corrected chi connectivity index (χ4v) is 3.02. The summed E-state index contributed by atoms with van der Waals surface area (Å²) in [4.78, 5) is 26.2. The van der Waals surface area contributed by atoms with Crippen LogP contribution in [0, 0.1) is 6.92 Å². The van der Waals surface area contributed by atoms with Crippen LogP contribution < -0.4 is 10.1 Å². The summed E-state index contributed by atoms with van der Waals surface area (Å²) in [6.45, 7) is 2.93. The van der Waals surface area contributed by atoms with E-state index >= 15 is 0 Å². The van der Waals surface area contributed by atoms with Gasteiger partial charge in [0.1, 0.15) is 11.5 Å². The number of rotatable bonds is 6. The molecule has 1 aliphatic rings. The van der Waals surface area contributed by atoms with Gasteiger partial charge in [0.15, 0.2) is 0 Å². The highest BCUT2D eigenvalue weighted by molar-refractivity contribution is 5.95. The summed E-state index contributed by atoms with van der Waals surface area (Å²) in [6, 6.07) is 9.31. The lowest BCUT2D eigenvalue weighted by Gasteiger charge is -2.17. The summed E-state index contributed by atoms with van der Waals surface area (Å²) in [6.07, 6.45) is 2.60. The van der Waals surface area contributed by atoms with Crippen molar-refractivity contribution in [2.75, 3.05) is 20.2 Å². The minimum Gasteiger partial charge on any atom is -0.497 e. The van der Waals surface area contributed by atoms with Crippen molar-refractivity contribution in [2.24, 2.45) is 0 Å². The van der Waals surface area contributed by atoms with Crippen LogP contribution in [0.25, 0.3) is 0 Å². The summed E-state index contributed by atoms with van der Waals surface area (Å²) in [5.74, 6) is 1.28. The van der Waals surface area contributed by atoms with Crippen molar-refractivity contribution < 1.29 is 18.7 Å². The van der Waals surface area contributed by atoms with Gasteiger partial charge in [-0.3, -0.25) is 9.59 Å². The number of hydrogen-bond acceptors (Lipinski definition) is 4. The zero-order chi connectivity index (χ0) is 17.8. The molecule has 1 atom stereocenters. The van der Waals surface area contributed by atoms with Crippen molar-refractivity contribution in [3.63, 3.8) is 0 Å². The van der Waals surface area contributed by atoms with Crippen LogP contribution in [0.2, 0.25) is 0 Å². The van der Waals surface area contributed by atoms with Crippen LogP contribution in [0.4, 0.5) is 0 Å². The van der Waals surface area contributed by atoms with Crippen LogP contribution in [0.15, 0.2) is 41.0 Å². The molecule has 0 unspecified atom stereocenters. The Kier molecular flexibility index (Phi) is 5.07. The summed E-state index contributed by atoms with van der Waals surface area (Å²) in [5.41, 5.74) is 1.67. The topological polar surface area (TPSA) is 71.8 Å². The molecular weight excluding hydrogens is 320 g/mol. The number of likely N-dealkylation sites (tertiary alicyclic amines) is 1. The number of amides is 2. The monoisotopic (exact) mass is 342 g/mol.